The fraction of sp³-hybridized carbons (Fsp3) is 0.276. The Morgan fingerprint density at radius 3 is 2.19 bits per heavy atom. The standard InChI is InChI=1S/C29H29BrN2O5/c1-34-24-10-9-16(14-25(24)35-2)17-12-22-27(23(33)13-17)28(32-21-8-6-5-7-20(21)31-22)18-11-19(30)29(37-4)26(15-18)36-3/h5-11,14-15,17,28,31-32H,12-13H2,1-4H3. The third-order valence-electron chi connectivity index (χ3n) is 6.98. The fourth-order valence-electron chi connectivity index (χ4n) is 5.19. The summed E-state index contributed by atoms with van der Waals surface area (Å²) >= 11 is 3.61. The number of para-hydroxylation sites is 2. The van der Waals surface area contributed by atoms with Crippen LogP contribution in [0.25, 0.3) is 0 Å². The number of carbonyl (C=O) groups is 1. The lowest BCUT2D eigenvalue weighted by molar-refractivity contribution is -0.116. The molecule has 1 aliphatic carbocycles. The molecule has 2 aliphatic rings. The summed E-state index contributed by atoms with van der Waals surface area (Å²) in [5.74, 6) is 2.61. The zero-order chi connectivity index (χ0) is 26.1. The maximum atomic E-state index is 13.9. The molecule has 0 aromatic heterocycles. The second kappa shape index (κ2) is 10.4. The van der Waals surface area contributed by atoms with Crippen LogP contribution in [0, 0.1) is 0 Å². The number of rotatable bonds is 6. The van der Waals surface area contributed by atoms with Gasteiger partial charge < -0.3 is 29.6 Å². The highest BCUT2D eigenvalue weighted by Crippen LogP contribution is 2.47. The van der Waals surface area contributed by atoms with Crippen molar-refractivity contribution >= 4 is 33.1 Å². The first-order valence-corrected chi connectivity index (χ1v) is 12.8. The van der Waals surface area contributed by atoms with E-state index in [-0.39, 0.29) is 17.7 Å². The van der Waals surface area contributed by atoms with Crippen LogP contribution in [0.15, 0.2) is 70.3 Å². The van der Waals surface area contributed by atoms with Gasteiger partial charge in [-0.2, -0.15) is 0 Å². The lowest BCUT2D eigenvalue weighted by atomic mass is 9.78. The molecule has 8 heteroatoms. The number of hydrogen-bond acceptors (Lipinski definition) is 7. The minimum Gasteiger partial charge on any atom is -0.493 e. The van der Waals surface area contributed by atoms with Crippen LogP contribution in [0.2, 0.25) is 0 Å². The third-order valence-corrected chi connectivity index (χ3v) is 7.57. The van der Waals surface area contributed by atoms with Gasteiger partial charge in [-0.3, -0.25) is 4.79 Å². The number of methoxy groups -OCH3 is 4. The van der Waals surface area contributed by atoms with Crippen molar-refractivity contribution in [3.63, 3.8) is 0 Å². The summed E-state index contributed by atoms with van der Waals surface area (Å²) in [4.78, 5) is 13.9. The van der Waals surface area contributed by atoms with Crippen molar-refractivity contribution in [2.24, 2.45) is 0 Å². The molecule has 2 N–H and O–H groups in total. The van der Waals surface area contributed by atoms with E-state index >= 15 is 0 Å². The lowest BCUT2D eigenvalue weighted by Crippen LogP contribution is -2.27. The predicted molar refractivity (Wildman–Crippen MR) is 147 cm³/mol. The average molecular weight is 565 g/mol. The van der Waals surface area contributed by atoms with Gasteiger partial charge in [0.05, 0.1) is 50.3 Å². The average Bonchev–Trinajstić information content (AvgIpc) is 3.09. The second-order valence-electron chi connectivity index (χ2n) is 9.02. The Kier molecular flexibility index (Phi) is 7.02. The maximum Gasteiger partial charge on any atom is 0.174 e. The molecule has 37 heavy (non-hydrogen) atoms. The molecule has 0 amide bonds. The highest BCUT2D eigenvalue weighted by Gasteiger charge is 2.37. The van der Waals surface area contributed by atoms with E-state index < -0.39 is 0 Å². The van der Waals surface area contributed by atoms with Crippen LogP contribution in [0.3, 0.4) is 0 Å². The van der Waals surface area contributed by atoms with E-state index in [2.05, 4.69) is 26.6 Å². The molecule has 1 aliphatic heterocycles. The Balaban J connectivity index is 1.61. The first kappa shape index (κ1) is 25.0. The second-order valence-corrected chi connectivity index (χ2v) is 9.88. The van der Waals surface area contributed by atoms with Crippen LogP contribution in [0.4, 0.5) is 11.4 Å². The summed E-state index contributed by atoms with van der Waals surface area (Å²) in [6, 6.07) is 17.4. The molecule has 0 spiro atoms. The van der Waals surface area contributed by atoms with Gasteiger partial charge in [-0.1, -0.05) is 18.2 Å². The largest absolute Gasteiger partial charge is 0.493 e. The van der Waals surface area contributed by atoms with E-state index in [0.29, 0.717) is 35.8 Å². The number of anilines is 2. The number of carbonyl (C=O) groups excluding carboxylic acids is 1. The normalized spacial score (nSPS) is 18.6. The van der Waals surface area contributed by atoms with Gasteiger partial charge in [-0.05, 0) is 75.8 Å². The van der Waals surface area contributed by atoms with Crippen molar-refractivity contribution in [3.05, 3.63) is 81.5 Å². The molecule has 0 saturated carbocycles. The Morgan fingerprint density at radius 1 is 0.784 bits per heavy atom. The zero-order valence-electron chi connectivity index (χ0n) is 21.2. The molecule has 3 aromatic rings. The number of ketones is 1. The Bertz CT molecular complexity index is 1390. The number of Topliss-reactive ketones (excluding diaryl/α,β-unsaturated/α-hetero) is 1. The van der Waals surface area contributed by atoms with Gasteiger partial charge in [0.25, 0.3) is 0 Å². The highest BCUT2D eigenvalue weighted by molar-refractivity contribution is 9.10. The first-order valence-electron chi connectivity index (χ1n) is 12.0. The van der Waals surface area contributed by atoms with Gasteiger partial charge in [-0.15, -0.1) is 0 Å². The van der Waals surface area contributed by atoms with Gasteiger partial charge in [0.1, 0.15) is 0 Å². The van der Waals surface area contributed by atoms with Crippen LogP contribution in [0.5, 0.6) is 23.0 Å². The van der Waals surface area contributed by atoms with Crippen molar-refractivity contribution in [1.29, 1.82) is 0 Å². The van der Waals surface area contributed by atoms with E-state index in [9.17, 15) is 4.79 Å². The monoisotopic (exact) mass is 564 g/mol. The topological polar surface area (TPSA) is 78.1 Å². The van der Waals surface area contributed by atoms with Crippen molar-refractivity contribution in [3.8, 4) is 23.0 Å². The van der Waals surface area contributed by atoms with E-state index in [1.807, 2.05) is 54.6 Å². The number of halogens is 1. The summed E-state index contributed by atoms with van der Waals surface area (Å²) in [7, 11) is 6.45. The number of fused-ring (bicyclic) bond motifs is 1. The Labute approximate surface area is 224 Å². The smallest absolute Gasteiger partial charge is 0.174 e. The third kappa shape index (κ3) is 4.62. The van der Waals surface area contributed by atoms with Crippen LogP contribution < -0.4 is 29.6 Å². The molecule has 192 valence electrons. The number of hydrogen-bond donors (Lipinski definition) is 2. The van der Waals surface area contributed by atoms with Crippen LogP contribution >= 0.6 is 15.9 Å². The summed E-state index contributed by atoms with van der Waals surface area (Å²) in [5.41, 5.74) is 5.42. The van der Waals surface area contributed by atoms with Gasteiger partial charge >= 0.3 is 0 Å². The first-order chi connectivity index (χ1) is 18.0. The van der Waals surface area contributed by atoms with E-state index in [1.54, 1.807) is 28.4 Å². The van der Waals surface area contributed by atoms with Gasteiger partial charge in [-0.25, -0.2) is 0 Å². The van der Waals surface area contributed by atoms with Crippen molar-refractivity contribution in [2.45, 2.75) is 24.8 Å². The highest BCUT2D eigenvalue weighted by atomic mass is 79.9. The molecule has 0 radical (unpaired) electrons. The lowest BCUT2D eigenvalue weighted by Gasteiger charge is -2.30. The predicted octanol–water partition coefficient (Wildman–Crippen LogP) is 6.46. The van der Waals surface area contributed by atoms with Gasteiger partial charge in [0.15, 0.2) is 28.8 Å². The van der Waals surface area contributed by atoms with Crippen molar-refractivity contribution < 1.29 is 23.7 Å². The number of allylic oxidation sites excluding steroid dienone is 1. The SMILES string of the molecule is COc1ccc(C2CC(=O)C3=C(C2)Nc2ccccc2NC3c2cc(Br)c(OC)c(OC)c2)cc1OC. The number of ether oxygens (including phenoxy) is 4. The van der Waals surface area contributed by atoms with Gasteiger partial charge in [0, 0.05) is 17.7 Å². The molecule has 7 nitrogen and oxygen atoms in total. The van der Waals surface area contributed by atoms with Gasteiger partial charge in [0.2, 0.25) is 0 Å². The summed E-state index contributed by atoms with van der Waals surface area (Å²) in [5, 5.41) is 7.20. The minimum absolute atomic E-state index is 0.00149. The molecule has 0 bridgehead atoms. The van der Waals surface area contributed by atoms with Crippen molar-refractivity contribution in [1.82, 2.24) is 0 Å². The van der Waals surface area contributed by atoms with Crippen LogP contribution in [0.1, 0.15) is 35.9 Å². The molecular weight excluding hydrogens is 536 g/mol. The summed E-state index contributed by atoms with van der Waals surface area (Å²) in [6.45, 7) is 0. The van der Waals surface area contributed by atoms with E-state index in [1.165, 1.54) is 0 Å². The molecular formula is C29H29BrN2O5. The Hall–Kier alpha value is -3.65. The summed E-state index contributed by atoms with van der Waals surface area (Å²) in [6.07, 6.45) is 1.07. The summed E-state index contributed by atoms with van der Waals surface area (Å²) < 4.78 is 22.8. The molecule has 5 rings (SSSR count). The molecule has 1 heterocycles. The molecule has 3 aromatic carbocycles. The van der Waals surface area contributed by atoms with Crippen LogP contribution in [-0.2, 0) is 4.79 Å². The fourth-order valence-corrected chi connectivity index (χ4v) is 5.81. The molecule has 2 unspecified atom stereocenters. The zero-order valence-corrected chi connectivity index (χ0v) is 22.8. The van der Waals surface area contributed by atoms with Crippen LogP contribution in [-0.4, -0.2) is 34.2 Å². The number of nitrogens with one attached hydrogen (secondary N) is 2. The number of benzene rings is 3. The maximum absolute atomic E-state index is 13.9. The quantitative estimate of drug-likeness (QED) is 0.355. The molecule has 0 saturated heterocycles. The van der Waals surface area contributed by atoms with E-state index in [4.69, 9.17) is 18.9 Å². The van der Waals surface area contributed by atoms with E-state index in [0.717, 1.165) is 38.2 Å². The minimum atomic E-state index is -0.374. The Morgan fingerprint density at radius 2 is 1.49 bits per heavy atom. The molecule has 2 atom stereocenters. The molecule has 0 fully saturated rings. The van der Waals surface area contributed by atoms with Crippen molar-refractivity contribution in [2.75, 3.05) is 39.1 Å².